The van der Waals surface area contributed by atoms with E-state index in [0.29, 0.717) is 19.5 Å². The van der Waals surface area contributed by atoms with E-state index in [9.17, 15) is 15.0 Å². The van der Waals surface area contributed by atoms with Gasteiger partial charge in [-0.15, -0.1) is 0 Å². The number of rotatable bonds is 7. The molecule has 4 rings (SSSR count). The molecule has 0 bridgehead atoms. The molecule has 2 aliphatic rings. The second-order valence-corrected chi connectivity index (χ2v) is 8.15. The first-order chi connectivity index (χ1) is 13.7. The smallest absolute Gasteiger partial charge is 0.222 e. The van der Waals surface area contributed by atoms with E-state index >= 15 is 0 Å². The quantitative estimate of drug-likeness (QED) is 0.724. The topological polar surface area (TPSA) is 73.7 Å². The van der Waals surface area contributed by atoms with Gasteiger partial charge in [-0.25, -0.2) is 0 Å². The fraction of sp³-hybridized carbons (Fsp3) is 0.478. The predicted octanol–water partition coefficient (Wildman–Crippen LogP) is 2.39. The Morgan fingerprint density at radius 2 is 2.00 bits per heavy atom. The van der Waals surface area contributed by atoms with Crippen molar-refractivity contribution in [2.75, 3.05) is 19.7 Å². The highest BCUT2D eigenvalue weighted by Gasteiger charge is 2.71. The van der Waals surface area contributed by atoms with Gasteiger partial charge in [-0.3, -0.25) is 9.78 Å². The number of hydrogen-bond donors (Lipinski definition) is 2. The SMILES string of the molecule is O=C(CCCCc1cccnc1)N1C[C@H](O)[C@@]2(C1)[C@H](CO)[C@H]2c1ccccc1. The molecule has 1 aliphatic carbocycles. The lowest BCUT2D eigenvalue weighted by Gasteiger charge is -2.17. The van der Waals surface area contributed by atoms with Crippen LogP contribution in [0.15, 0.2) is 54.9 Å². The van der Waals surface area contributed by atoms with Crippen LogP contribution in [-0.4, -0.2) is 51.8 Å². The predicted molar refractivity (Wildman–Crippen MR) is 107 cm³/mol. The summed E-state index contributed by atoms with van der Waals surface area (Å²) in [4.78, 5) is 18.6. The van der Waals surface area contributed by atoms with E-state index in [2.05, 4.69) is 23.2 Å². The lowest BCUT2D eigenvalue weighted by atomic mass is 9.95. The number of carbonyl (C=O) groups excluding carboxylic acids is 1. The van der Waals surface area contributed by atoms with Crippen molar-refractivity contribution in [3.63, 3.8) is 0 Å². The molecule has 148 valence electrons. The molecule has 1 aromatic carbocycles. The maximum atomic E-state index is 12.7. The number of aromatic nitrogens is 1. The fourth-order valence-electron chi connectivity index (χ4n) is 5.07. The standard InChI is InChI=1S/C23H28N2O3/c26-15-19-22(18-9-2-1-3-10-18)23(19)16-25(14-20(23)27)21(28)11-5-4-7-17-8-6-12-24-13-17/h1-3,6,8-10,12-13,19-20,22,26-27H,4-5,7,11,14-16H2/t19-,20+,22-,23-/m1/s1. The summed E-state index contributed by atoms with van der Waals surface area (Å²) in [7, 11) is 0. The minimum absolute atomic E-state index is 0.0216. The summed E-state index contributed by atoms with van der Waals surface area (Å²) in [5, 5.41) is 20.6. The number of nitrogens with zero attached hydrogens (tertiary/aromatic N) is 2. The van der Waals surface area contributed by atoms with Gasteiger partial charge in [0.25, 0.3) is 0 Å². The van der Waals surface area contributed by atoms with Crippen molar-refractivity contribution in [1.82, 2.24) is 9.88 Å². The zero-order valence-corrected chi connectivity index (χ0v) is 16.1. The zero-order valence-electron chi connectivity index (χ0n) is 16.1. The molecule has 5 heteroatoms. The van der Waals surface area contributed by atoms with Gasteiger partial charge >= 0.3 is 0 Å². The minimum Gasteiger partial charge on any atom is -0.396 e. The van der Waals surface area contributed by atoms with Crippen LogP contribution in [0.5, 0.6) is 0 Å². The zero-order chi connectivity index (χ0) is 19.6. The summed E-state index contributed by atoms with van der Waals surface area (Å²) in [6.45, 7) is 0.964. The molecular weight excluding hydrogens is 352 g/mol. The maximum Gasteiger partial charge on any atom is 0.222 e. The van der Waals surface area contributed by atoms with Crippen molar-refractivity contribution < 1.29 is 15.0 Å². The first-order valence-corrected chi connectivity index (χ1v) is 10.2. The second-order valence-electron chi connectivity index (χ2n) is 8.15. The highest BCUT2D eigenvalue weighted by Crippen LogP contribution is 2.68. The molecule has 1 saturated carbocycles. The lowest BCUT2D eigenvalue weighted by Crippen LogP contribution is -2.29. The number of benzene rings is 1. The van der Waals surface area contributed by atoms with Crippen LogP contribution in [-0.2, 0) is 11.2 Å². The Balaban J connectivity index is 1.33. The van der Waals surface area contributed by atoms with E-state index in [1.807, 2.05) is 30.5 Å². The van der Waals surface area contributed by atoms with E-state index in [4.69, 9.17) is 0 Å². The summed E-state index contributed by atoms with van der Waals surface area (Å²) in [6, 6.07) is 14.0. The summed E-state index contributed by atoms with van der Waals surface area (Å²) >= 11 is 0. The first kappa shape index (κ1) is 19.1. The Labute approximate surface area is 166 Å². The molecule has 2 fully saturated rings. The first-order valence-electron chi connectivity index (χ1n) is 10.2. The molecule has 1 aromatic heterocycles. The van der Waals surface area contributed by atoms with Crippen LogP contribution in [0.4, 0.5) is 0 Å². The van der Waals surface area contributed by atoms with Gasteiger partial charge in [0.1, 0.15) is 0 Å². The van der Waals surface area contributed by atoms with Crippen LogP contribution in [0, 0.1) is 11.3 Å². The maximum absolute atomic E-state index is 12.7. The molecule has 5 nitrogen and oxygen atoms in total. The third-order valence-electron chi connectivity index (χ3n) is 6.58. The van der Waals surface area contributed by atoms with Crippen LogP contribution >= 0.6 is 0 Å². The number of unbranched alkanes of at least 4 members (excludes halogenated alkanes) is 1. The van der Waals surface area contributed by atoms with Gasteiger partial charge in [-0.05, 0) is 48.3 Å². The van der Waals surface area contributed by atoms with E-state index in [1.54, 1.807) is 11.1 Å². The summed E-state index contributed by atoms with van der Waals surface area (Å²) in [5.41, 5.74) is 1.95. The molecule has 2 N–H and O–H groups in total. The van der Waals surface area contributed by atoms with Gasteiger partial charge in [0.05, 0.1) is 6.10 Å². The average Bonchev–Trinajstić information content (AvgIpc) is 3.27. The average molecular weight is 380 g/mol. The van der Waals surface area contributed by atoms with Gasteiger partial charge in [-0.1, -0.05) is 36.4 Å². The molecule has 1 saturated heterocycles. The van der Waals surface area contributed by atoms with E-state index < -0.39 is 6.10 Å². The number of carbonyl (C=O) groups is 1. The Bertz CT molecular complexity index is 798. The van der Waals surface area contributed by atoms with Crippen molar-refractivity contribution >= 4 is 5.91 Å². The van der Waals surface area contributed by atoms with Crippen molar-refractivity contribution in [2.45, 2.75) is 37.7 Å². The van der Waals surface area contributed by atoms with Crippen LogP contribution in [0.25, 0.3) is 0 Å². The lowest BCUT2D eigenvalue weighted by molar-refractivity contribution is -0.130. The molecule has 1 aliphatic heterocycles. The highest BCUT2D eigenvalue weighted by molar-refractivity contribution is 5.77. The minimum atomic E-state index is -0.575. The Morgan fingerprint density at radius 3 is 2.71 bits per heavy atom. The van der Waals surface area contributed by atoms with Crippen molar-refractivity contribution in [3.8, 4) is 0 Å². The summed E-state index contributed by atoms with van der Waals surface area (Å²) < 4.78 is 0. The number of β-amino-alcohol motifs (C(OH)–C–C–N with tert-alkyl or cyclic N) is 1. The summed E-state index contributed by atoms with van der Waals surface area (Å²) in [5.74, 6) is 0.253. The van der Waals surface area contributed by atoms with Crippen molar-refractivity contribution in [2.24, 2.45) is 11.3 Å². The molecule has 0 radical (unpaired) electrons. The summed E-state index contributed by atoms with van der Waals surface area (Å²) in [6.07, 6.45) is 6.27. The third-order valence-corrected chi connectivity index (χ3v) is 6.58. The number of amides is 1. The Morgan fingerprint density at radius 1 is 1.18 bits per heavy atom. The number of aliphatic hydroxyl groups excluding tert-OH is 2. The van der Waals surface area contributed by atoms with Gasteiger partial charge in [0.15, 0.2) is 0 Å². The monoisotopic (exact) mass is 380 g/mol. The fourth-order valence-corrected chi connectivity index (χ4v) is 5.07. The Hall–Kier alpha value is -2.24. The van der Waals surface area contributed by atoms with Crippen LogP contribution < -0.4 is 0 Å². The van der Waals surface area contributed by atoms with Crippen molar-refractivity contribution in [1.29, 1.82) is 0 Å². The number of aliphatic hydroxyl groups is 2. The van der Waals surface area contributed by atoms with Gasteiger partial charge < -0.3 is 15.1 Å². The molecule has 1 spiro atoms. The normalized spacial score (nSPS) is 28.6. The highest BCUT2D eigenvalue weighted by atomic mass is 16.3. The van der Waals surface area contributed by atoms with Crippen LogP contribution in [0.3, 0.4) is 0 Å². The van der Waals surface area contributed by atoms with E-state index in [-0.39, 0.29) is 29.8 Å². The molecule has 1 amide bonds. The molecule has 2 aromatic rings. The van der Waals surface area contributed by atoms with E-state index in [0.717, 1.165) is 24.8 Å². The second kappa shape index (κ2) is 8.02. The Kier molecular flexibility index (Phi) is 5.47. The molecule has 28 heavy (non-hydrogen) atoms. The molecule has 0 unspecified atom stereocenters. The van der Waals surface area contributed by atoms with Gasteiger partial charge in [0.2, 0.25) is 5.91 Å². The van der Waals surface area contributed by atoms with Crippen LogP contribution in [0.1, 0.15) is 36.3 Å². The number of likely N-dealkylation sites (tertiary alicyclic amines) is 1. The molecular formula is C23H28N2O3. The van der Waals surface area contributed by atoms with Gasteiger partial charge in [0, 0.05) is 43.9 Å². The van der Waals surface area contributed by atoms with E-state index in [1.165, 1.54) is 5.56 Å². The molecule has 2 heterocycles. The molecule has 4 atom stereocenters. The largest absolute Gasteiger partial charge is 0.396 e. The van der Waals surface area contributed by atoms with Crippen molar-refractivity contribution in [3.05, 3.63) is 66.0 Å². The van der Waals surface area contributed by atoms with Gasteiger partial charge in [-0.2, -0.15) is 0 Å². The third kappa shape index (κ3) is 3.45. The number of hydrogen-bond acceptors (Lipinski definition) is 4. The van der Waals surface area contributed by atoms with Crippen LogP contribution in [0.2, 0.25) is 0 Å². The number of aryl methyl sites for hydroxylation is 1. The number of pyridine rings is 1.